The van der Waals surface area contributed by atoms with Gasteiger partial charge in [-0.05, 0) is 11.6 Å². The number of benzene rings is 1. The minimum Gasteiger partial charge on any atom is -0.364 e. The first kappa shape index (κ1) is 16.7. The molecule has 0 aliphatic carbocycles. The maximum Gasteiger partial charge on any atom is 0.416 e. The number of fused-ring (bicyclic) bond motifs is 1. The van der Waals surface area contributed by atoms with E-state index in [-0.39, 0.29) is 35.3 Å². The molecule has 2 aromatic heterocycles. The highest BCUT2D eigenvalue weighted by atomic mass is 19.4. The summed E-state index contributed by atoms with van der Waals surface area (Å²) in [6.07, 6.45) is -3.54. The molecule has 0 amide bonds. The van der Waals surface area contributed by atoms with E-state index >= 15 is 0 Å². The van der Waals surface area contributed by atoms with Crippen molar-refractivity contribution in [2.24, 2.45) is 0 Å². The molecule has 26 heavy (non-hydrogen) atoms. The van der Waals surface area contributed by atoms with E-state index in [0.717, 1.165) is 12.5 Å². The lowest BCUT2D eigenvalue weighted by molar-refractivity contribution is -0.138. The summed E-state index contributed by atoms with van der Waals surface area (Å²) in [6.45, 7) is 0.408. The maximum atomic E-state index is 13.8. The zero-order valence-corrected chi connectivity index (χ0v) is 13.3. The number of rotatable bonds is 4. The zero-order chi connectivity index (χ0) is 18.3. The van der Waals surface area contributed by atoms with Gasteiger partial charge in [0.2, 0.25) is 0 Å². The molecule has 1 atom stereocenters. The van der Waals surface area contributed by atoms with Crippen LogP contribution in [0.2, 0.25) is 0 Å². The number of imidazole rings is 1. The number of anilines is 1. The second kappa shape index (κ2) is 6.20. The van der Waals surface area contributed by atoms with E-state index in [1.807, 2.05) is 0 Å². The van der Waals surface area contributed by atoms with Crippen molar-refractivity contribution >= 4 is 17.0 Å². The van der Waals surface area contributed by atoms with Crippen molar-refractivity contribution in [2.45, 2.75) is 25.4 Å². The van der Waals surface area contributed by atoms with E-state index in [4.69, 9.17) is 4.74 Å². The van der Waals surface area contributed by atoms with Crippen LogP contribution in [0.5, 0.6) is 0 Å². The molecule has 1 N–H and O–H groups in total. The number of hydrogen-bond donors (Lipinski definition) is 1. The largest absolute Gasteiger partial charge is 0.416 e. The van der Waals surface area contributed by atoms with Crippen molar-refractivity contribution in [3.8, 4) is 0 Å². The van der Waals surface area contributed by atoms with Crippen molar-refractivity contribution in [3.05, 3.63) is 47.8 Å². The molecule has 136 valence electrons. The first-order valence-corrected chi connectivity index (χ1v) is 7.84. The molecule has 1 aliphatic rings. The molecule has 1 unspecified atom stereocenters. The average molecular weight is 367 g/mol. The van der Waals surface area contributed by atoms with E-state index in [0.29, 0.717) is 6.61 Å². The first-order chi connectivity index (χ1) is 12.4. The van der Waals surface area contributed by atoms with Gasteiger partial charge in [-0.2, -0.15) is 27.5 Å². The van der Waals surface area contributed by atoms with Gasteiger partial charge in [0.05, 0.1) is 18.5 Å². The van der Waals surface area contributed by atoms with Gasteiger partial charge in [0.15, 0.2) is 17.0 Å². The number of nitrogens with zero attached hydrogens (tertiary/aromatic N) is 4. The van der Waals surface area contributed by atoms with Crippen LogP contribution in [-0.4, -0.2) is 26.1 Å². The van der Waals surface area contributed by atoms with Gasteiger partial charge in [0.25, 0.3) is 0 Å². The lowest BCUT2D eigenvalue weighted by Crippen LogP contribution is -2.24. The summed E-state index contributed by atoms with van der Waals surface area (Å²) in [6, 6.07) is 5.17. The van der Waals surface area contributed by atoms with Crippen molar-refractivity contribution < 1.29 is 22.3 Å². The van der Waals surface area contributed by atoms with Crippen LogP contribution >= 0.6 is 0 Å². The lowest BCUT2D eigenvalue weighted by Gasteiger charge is -2.27. The van der Waals surface area contributed by atoms with Crippen LogP contribution in [0.4, 0.5) is 23.4 Å². The Labute approximate surface area is 144 Å². The Balaban J connectivity index is 1.65. The van der Waals surface area contributed by atoms with Gasteiger partial charge >= 0.3 is 12.3 Å². The molecular weight excluding hydrogens is 354 g/mol. The third-order valence-electron chi connectivity index (χ3n) is 4.15. The minimum atomic E-state index is -4.48. The summed E-state index contributed by atoms with van der Waals surface area (Å²) in [4.78, 5) is 11.5. The smallest absolute Gasteiger partial charge is 0.364 e. The van der Waals surface area contributed by atoms with Crippen LogP contribution in [0.1, 0.15) is 23.8 Å². The molecule has 10 heteroatoms. The Morgan fingerprint density at radius 3 is 2.69 bits per heavy atom. The van der Waals surface area contributed by atoms with E-state index in [2.05, 4.69) is 20.3 Å². The van der Waals surface area contributed by atoms with Crippen molar-refractivity contribution in [2.75, 3.05) is 11.9 Å². The minimum absolute atomic E-state index is 0.0222. The molecule has 1 aliphatic heterocycles. The van der Waals surface area contributed by atoms with E-state index in [1.54, 1.807) is 4.57 Å². The third-order valence-corrected chi connectivity index (χ3v) is 4.15. The van der Waals surface area contributed by atoms with Crippen LogP contribution in [0.25, 0.3) is 11.2 Å². The fourth-order valence-corrected chi connectivity index (χ4v) is 2.80. The lowest BCUT2D eigenvalue weighted by atomic mass is 10.1. The number of aromatic nitrogens is 4. The normalized spacial score (nSPS) is 17.3. The molecular formula is C16H13F4N5O. The van der Waals surface area contributed by atoms with Crippen molar-refractivity contribution in [1.29, 1.82) is 0 Å². The van der Waals surface area contributed by atoms with Crippen molar-refractivity contribution in [3.63, 3.8) is 0 Å². The topological polar surface area (TPSA) is 64.9 Å². The summed E-state index contributed by atoms with van der Waals surface area (Å²) >= 11 is 0. The summed E-state index contributed by atoms with van der Waals surface area (Å²) in [5.74, 6) is 0.0301. The Kier molecular flexibility index (Phi) is 3.98. The summed E-state index contributed by atoms with van der Waals surface area (Å²) in [5, 5.41) is 2.74. The van der Waals surface area contributed by atoms with E-state index < -0.39 is 17.8 Å². The van der Waals surface area contributed by atoms with Crippen LogP contribution in [-0.2, 0) is 17.5 Å². The molecule has 0 bridgehead atoms. The van der Waals surface area contributed by atoms with E-state index in [9.17, 15) is 17.6 Å². The zero-order valence-electron chi connectivity index (χ0n) is 13.3. The Bertz CT molecular complexity index is 951. The Hall–Kier alpha value is -2.75. The van der Waals surface area contributed by atoms with Gasteiger partial charge in [-0.25, -0.2) is 4.98 Å². The van der Waals surface area contributed by atoms with Gasteiger partial charge in [0.1, 0.15) is 6.23 Å². The molecule has 6 nitrogen and oxygen atoms in total. The monoisotopic (exact) mass is 367 g/mol. The fourth-order valence-electron chi connectivity index (χ4n) is 2.80. The highest BCUT2D eigenvalue weighted by Gasteiger charge is 2.33. The predicted molar refractivity (Wildman–Crippen MR) is 83.7 cm³/mol. The number of nitrogens with one attached hydrogen (secondary N) is 1. The second-order valence-electron chi connectivity index (χ2n) is 5.79. The predicted octanol–water partition coefficient (Wildman–Crippen LogP) is 3.52. The van der Waals surface area contributed by atoms with Gasteiger partial charge in [-0.3, -0.25) is 4.57 Å². The molecule has 0 radical (unpaired) electrons. The molecule has 3 aromatic rings. The first-order valence-electron chi connectivity index (χ1n) is 7.84. The highest BCUT2D eigenvalue weighted by Crippen LogP contribution is 2.33. The number of hydrogen-bond acceptors (Lipinski definition) is 5. The molecule has 0 spiro atoms. The maximum absolute atomic E-state index is 13.8. The third kappa shape index (κ3) is 2.96. The Morgan fingerprint density at radius 1 is 1.23 bits per heavy atom. The van der Waals surface area contributed by atoms with Gasteiger partial charge in [-0.15, -0.1) is 0 Å². The Morgan fingerprint density at radius 2 is 2.00 bits per heavy atom. The molecule has 4 rings (SSSR count). The van der Waals surface area contributed by atoms with Crippen LogP contribution in [0.3, 0.4) is 0 Å². The van der Waals surface area contributed by atoms with Crippen LogP contribution in [0, 0.1) is 6.08 Å². The SMILES string of the molecule is Fc1nc(NCc2ccccc2C(F)(F)F)c2ncn(C3CCO3)c2n1. The summed E-state index contributed by atoms with van der Waals surface area (Å²) < 4.78 is 60.0. The van der Waals surface area contributed by atoms with Crippen LogP contribution in [0.15, 0.2) is 30.6 Å². The standard InChI is InChI=1S/C16H13F4N5O/c17-15-23-13(12-14(24-15)25(8-22-12)11-5-6-26-11)21-7-9-3-1-2-4-10(9)16(18,19)20/h1-4,8,11H,5-7H2,(H,21,23,24). The molecule has 0 saturated carbocycles. The van der Waals surface area contributed by atoms with Gasteiger partial charge < -0.3 is 10.1 Å². The average Bonchev–Trinajstić information content (AvgIpc) is 2.94. The number of ether oxygens (including phenoxy) is 1. The second-order valence-corrected chi connectivity index (χ2v) is 5.79. The fraction of sp³-hybridized carbons (Fsp3) is 0.312. The number of alkyl halides is 3. The van der Waals surface area contributed by atoms with Crippen molar-refractivity contribution in [1.82, 2.24) is 19.5 Å². The van der Waals surface area contributed by atoms with Gasteiger partial charge in [-0.1, -0.05) is 18.2 Å². The molecule has 3 heterocycles. The molecule has 1 fully saturated rings. The molecule has 1 saturated heterocycles. The van der Waals surface area contributed by atoms with Crippen LogP contribution < -0.4 is 5.32 Å². The summed E-state index contributed by atoms with van der Waals surface area (Å²) in [7, 11) is 0. The van der Waals surface area contributed by atoms with E-state index in [1.165, 1.54) is 24.5 Å². The van der Waals surface area contributed by atoms with Gasteiger partial charge in [0, 0.05) is 13.0 Å². The number of halogens is 4. The molecule has 1 aromatic carbocycles. The highest BCUT2D eigenvalue weighted by molar-refractivity contribution is 5.82. The quantitative estimate of drug-likeness (QED) is 0.565. The summed E-state index contributed by atoms with van der Waals surface area (Å²) in [5.41, 5.74) is -0.235.